The van der Waals surface area contributed by atoms with Gasteiger partial charge in [0.2, 0.25) is 5.91 Å². The molecule has 200 valence electrons. The predicted molar refractivity (Wildman–Crippen MR) is 142 cm³/mol. The molecule has 2 saturated heterocycles. The number of methoxy groups -OCH3 is 1. The molecular weight excluding hydrogens is 501 g/mol. The number of nitrogens with zero attached hydrogens (tertiary/aromatic N) is 4. The number of likely N-dealkylation sites (tertiary alicyclic amines) is 1. The van der Waals surface area contributed by atoms with E-state index < -0.39 is 11.6 Å². The van der Waals surface area contributed by atoms with Gasteiger partial charge in [-0.05, 0) is 37.1 Å². The average molecular weight is 534 g/mol. The molecule has 9 nitrogen and oxygen atoms in total. The summed E-state index contributed by atoms with van der Waals surface area (Å²) in [6, 6.07) is 10.5. The van der Waals surface area contributed by atoms with Gasteiger partial charge in [-0.1, -0.05) is 11.6 Å². The van der Waals surface area contributed by atoms with E-state index in [0.717, 1.165) is 56.9 Å². The number of hydrogen-bond acceptors (Lipinski definition) is 7. The SMILES string of the molecule is COc1cc(NC2CCN(C(=O)CCN3CCN(c4ccc(Cl)c(CF)c4)CC3)CC2)ccc1[N+](=O)[O-]. The second-order valence-corrected chi connectivity index (χ2v) is 9.84. The summed E-state index contributed by atoms with van der Waals surface area (Å²) >= 11 is 6.03. The van der Waals surface area contributed by atoms with E-state index >= 15 is 0 Å². The van der Waals surface area contributed by atoms with E-state index in [4.69, 9.17) is 16.3 Å². The number of carbonyl (C=O) groups excluding carboxylic acids is 1. The number of amides is 1. The number of ether oxygens (including phenoxy) is 1. The highest BCUT2D eigenvalue weighted by molar-refractivity contribution is 6.31. The minimum atomic E-state index is -0.576. The van der Waals surface area contributed by atoms with E-state index in [2.05, 4.69) is 15.1 Å². The standard InChI is InChI=1S/C26H33ClFN5O4/c1-37-25-17-21(2-5-24(25)33(35)36)29-20-6-10-32(11-7-20)26(34)8-9-30-12-14-31(15-13-30)22-3-4-23(27)19(16-22)18-28/h2-5,16-17,20,29H,6-15,18H2,1H3. The Labute approximate surface area is 221 Å². The van der Waals surface area contributed by atoms with Crippen LogP contribution in [0.15, 0.2) is 36.4 Å². The fourth-order valence-electron chi connectivity index (χ4n) is 4.93. The van der Waals surface area contributed by atoms with Crippen molar-refractivity contribution in [3.05, 3.63) is 57.1 Å². The molecule has 2 aromatic rings. The summed E-state index contributed by atoms with van der Waals surface area (Å²) in [6.07, 6.45) is 2.11. The van der Waals surface area contributed by atoms with Gasteiger partial charge in [-0.2, -0.15) is 0 Å². The third-order valence-electron chi connectivity index (χ3n) is 7.15. The Morgan fingerprint density at radius 1 is 1.14 bits per heavy atom. The van der Waals surface area contributed by atoms with Crippen LogP contribution in [-0.2, 0) is 11.5 Å². The third-order valence-corrected chi connectivity index (χ3v) is 7.52. The number of alkyl halides is 1. The number of rotatable bonds is 9. The largest absolute Gasteiger partial charge is 0.490 e. The van der Waals surface area contributed by atoms with Crippen LogP contribution in [0.3, 0.4) is 0 Å². The van der Waals surface area contributed by atoms with Gasteiger partial charge in [-0.3, -0.25) is 19.8 Å². The molecule has 0 bridgehead atoms. The molecule has 0 aliphatic carbocycles. The van der Waals surface area contributed by atoms with E-state index in [1.807, 2.05) is 17.0 Å². The van der Waals surface area contributed by atoms with Crippen LogP contribution in [0.5, 0.6) is 5.75 Å². The first-order valence-electron chi connectivity index (χ1n) is 12.6. The van der Waals surface area contributed by atoms with Crippen LogP contribution in [-0.4, -0.2) is 79.6 Å². The fourth-order valence-corrected chi connectivity index (χ4v) is 5.10. The molecule has 0 aromatic heterocycles. The molecule has 2 aromatic carbocycles. The van der Waals surface area contributed by atoms with Crippen molar-refractivity contribution in [3.8, 4) is 5.75 Å². The summed E-state index contributed by atoms with van der Waals surface area (Å²) in [5, 5.41) is 15.0. The number of hydrogen-bond donors (Lipinski definition) is 1. The van der Waals surface area contributed by atoms with E-state index in [9.17, 15) is 19.3 Å². The Balaban J connectivity index is 1.18. The lowest BCUT2D eigenvalue weighted by Crippen LogP contribution is -2.48. The zero-order chi connectivity index (χ0) is 26.4. The zero-order valence-corrected chi connectivity index (χ0v) is 21.8. The normalized spacial score (nSPS) is 17.1. The zero-order valence-electron chi connectivity index (χ0n) is 21.0. The first-order chi connectivity index (χ1) is 17.9. The minimum Gasteiger partial charge on any atom is -0.490 e. The number of nitro groups is 1. The van der Waals surface area contributed by atoms with Gasteiger partial charge in [0.15, 0.2) is 5.75 Å². The molecule has 0 radical (unpaired) electrons. The molecule has 2 aliphatic heterocycles. The molecular formula is C26H33ClFN5O4. The molecule has 37 heavy (non-hydrogen) atoms. The lowest BCUT2D eigenvalue weighted by Gasteiger charge is -2.37. The van der Waals surface area contributed by atoms with Crippen LogP contribution in [0.2, 0.25) is 5.02 Å². The monoisotopic (exact) mass is 533 g/mol. The van der Waals surface area contributed by atoms with Crippen LogP contribution >= 0.6 is 11.6 Å². The van der Waals surface area contributed by atoms with Crippen molar-refractivity contribution in [1.82, 2.24) is 9.80 Å². The number of anilines is 2. The smallest absolute Gasteiger partial charge is 0.311 e. The molecule has 2 heterocycles. The van der Waals surface area contributed by atoms with Crippen LogP contribution in [0, 0.1) is 10.1 Å². The second-order valence-electron chi connectivity index (χ2n) is 9.43. The molecule has 0 atom stereocenters. The Kier molecular flexibility index (Phi) is 9.04. The fraction of sp³-hybridized carbons (Fsp3) is 0.500. The van der Waals surface area contributed by atoms with Crippen LogP contribution in [0.4, 0.5) is 21.5 Å². The van der Waals surface area contributed by atoms with Crippen molar-refractivity contribution in [2.45, 2.75) is 32.0 Å². The van der Waals surface area contributed by atoms with Crippen LogP contribution in [0.25, 0.3) is 0 Å². The molecule has 11 heteroatoms. The molecule has 1 N–H and O–H groups in total. The van der Waals surface area contributed by atoms with Crippen molar-refractivity contribution in [3.63, 3.8) is 0 Å². The van der Waals surface area contributed by atoms with Gasteiger partial charge >= 0.3 is 5.69 Å². The van der Waals surface area contributed by atoms with Gasteiger partial charge in [-0.15, -0.1) is 0 Å². The number of nitro benzene ring substituents is 1. The number of benzene rings is 2. The summed E-state index contributed by atoms with van der Waals surface area (Å²) in [5.41, 5.74) is 2.20. The Bertz CT molecular complexity index is 1100. The minimum absolute atomic E-state index is 0.0641. The Hall–Kier alpha value is -3.11. The van der Waals surface area contributed by atoms with Crippen molar-refractivity contribution in [2.75, 3.05) is 63.1 Å². The van der Waals surface area contributed by atoms with E-state index in [0.29, 0.717) is 30.1 Å². The van der Waals surface area contributed by atoms with Crippen LogP contribution < -0.4 is 15.0 Å². The maximum Gasteiger partial charge on any atom is 0.311 e. The van der Waals surface area contributed by atoms with E-state index in [1.54, 1.807) is 18.2 Å². The highest BCUT2D eigenvalue weighted by Crippen LogP contribution is 2.31. The maximum atomic E-state index is 13.1. The number of carbonyl (C=O) groups is 1. The first kappa shape index (κ1) is 26.9. The van der Waals surface area contributed by atoms with Crippen molar-refractivity contribution in [2.24, 2.45) is 0 Å². The number of halogens is 2. The Morgan fingerprint density at radius 3 is 2.51 bits per heavy atom. The van der Waals surface area contributed by atoms with Gasteiger partial charge in [0.05, 0.1) is 12.0 Å². The third kappa shape index (κ3) is 6.81. The topological polar surface area (TPSA) is 91.2 Å². The average Bonchev–Trinajstić information content (AvgIpc) is 2.92. The first-order valence-corrected chi connectivity index (χ1v) is 12.9. The molecule has 2 fully saturated rings. The van der Waals surface area contributed by atoms with Gasteiger partial charge in [0.1, 0.15) is 6.67 Å². The molecule has 0 unspecified atom stereocenters. The van der Waals surface area contributed by atoms with Crippen LogP contribution in [0.1, 0.15) is 24.8 Å². The van der Waals surface area contributed by atoms with E-state index in [-0.39, 0.29) is 23.4 Å². The summed E-state index contributed by atoms with van der Waals surface area (Å²) in [5.74, 6) is 0.393. The van der Waals surface area contributed by atoms with Gasteiger partial charge in [-0.25, -0.2) is 4.39 Å². The van der Waals surface area contributed by atoms with Crippen molar-refractivity contribution < 1.29 is 18.8 Å². The van der Waals surface area contributed by atoms with Crippen molar-refractivity contribution in [1.29, 1.82) is 0 Å². The summed E-state index contributed by atoms with van der Waals surface area (Å²) < 4.78 is 18.3. The lowest BCUT2D eigenvalue weighted by molar-refractivity contribution is -0.385. The van der Waals surface area contributed by atoms with Gasteiger partial charge < -0.3 is 19.9 Å². The highest BCUT2D eigenvalue weighted by Gasteiger charge is 2.25. The van der Waals surface area contributed by atoms with Crippen molar-refractivity contribution >= 4 is 34.6 Å². The summed E-state index contributed by atoms with van der Waals surface area (Å²) in [4.78, 5) is 29.9. The molecule has 2 aliphatic rings. The summed E-state index contributed by atoms with van der Waals surface area (Å²) in [6.45, 7) is 4.87. The quantitative estimate of drug-likeness (QED) is 0.378. The number of piperazine rings is 1. The Morgan fingerprint density at radius 2 is 1.86 bits per heavy atom. The lowest BCUT2D eigenvalue weighted by atomic mass is 10.0. The number of nitrogens with one attached hydrogen (secondary N) is 1. The van der Waals surface area contributed by atoms with Gasteiger partial charge in [0, 0.05) is 92.4 Å². The van der Waals surface area contributed by atoms with Gasteiger partial charge in [0.25, 0.3) is 0 Å². The molecule has 0 saturated carbocycles. The number of piperidine rings is 1. The molecule has 4 rings (SSSR count). The van der Waals surface area contributed by atoms with E-state index in [1.165, 1.54) is 13.2 Å². The predicted octanol–water partition coefficient (Wildman–Crippen LogP) is 4.34. The summed E-state index contributed by atoms with van der Waals surface area (Å²) in [7, 11) is 1.42. The highest BCUT2D eigenvalue weighted by atomic mass is 35.5. The maximum absolute atomic E-state index is 13.1. The molecule has 1 amide bonds. The second kappa shape index (κ2) is 12.4. The molecule has 0 spiro atoms.